The molecule has 0 saturated carbocycles. The molecule has 0 spiro atoms. The summed E-state index contributed by atoms with van der Waals surface area (Å²) < 4.78 is 1.95. The summed E-state index contributed by atoms with van der Waals surface area (Å²) in [5.74, 6) is 0.0467. The van der Waals surface area contributed by atoms with E-state index < -0.39 is 0 Å². The van der Waals surface area contributed by atoms with Crippen LogP contribution >= 0.6 is 11.6 Å². The van der Waals surface area contributed by atoms with Crippen LogP contribution in [0.15, 0.2) is 12.3 Å². The van der Waals surface area contributed by atoms with Gasteiger partial charge in [0.15, 0.2) is 0 Å². The van der Waals surface area contributed by atoms with Crippen molar-refractivity contribution in [3.63, 3.8) is 0 Å². The normalized spacial score (nSPS) is 16.1. The van der Waals surface area contributed by atoms with E-state index in [1.54, 1.807) is 11.0 Å². The molecule has 0 unspecified atom stereocenters. The van der Waals surface area contributed by atoms with Crippen molar-refractivity contribution in [2.24, 2.45) is 0 Å². The number of aryl methyl sites for hydroxylation is 1. The molecule has 1 aromatic rings. The SMILES string of the molecule is CCCn1cc(Cl)cc1C(=O)N(C)CCN1CCNCC1. The Morgan fingerprint density at radius 1 is 1.38 bits per heavy atom. The number of nitrogens with one attached hydrogen (secondary N) is 1. The van der Waals surface area contributed by atoms with Gasteiger partial charge in [-0.25, -0.2) is 0 Å². The second kappa shape index (κ2) is 7.82. The zero-order valence-corrected chi connectivity index (χ0v) is 13.7. The zero-order chi connectivity index (χ0) is 15.2. The highest BCUT2D eigenvalue weighted by atomic mass is 35.5. The van der Waals surface area contributed by atoms with E-state index in [0.717, 1.165) is 52.2 Å². The fourth-order valence-electron chi connectivity index (χ4n) is 2.60. The molecule has 0 radical (unpaired) electrons. The van der Waals surface area contributed by atoms with Crippen molar-refractivity contribution < 1.29 is 4.79 Å². The lowest BCUT2D eigenvalue weighted by Gasteiger charge is -2.29. The maximum atomic E-state index is 12.5. The van der Waals surface area contributed by atoms with Gasteiger partial charge in [0.05, 0.1) is 5.02 Å². The summed E-state index contributed by atoms with van der Waals surface area (Å²) in [6.07, 6.45) is 2.82. The van der Waals surface area contributed by atoms with E-state index in [9.17, 15) is 4.79 Å². The smallest absolute Gasteiger partial charge is 0.270 e. The van der Waals surface area contributed by atoms with Gasteiger partial charge < -0.3 is 14.8 Å². The highest BCUT2D eigenvalue weighted by molar-refractivity contribution is 6.31. The second-order valence-corrected chi connectivity index (χ2v) is 5.99. The lowest BCUT2D eigenvalue weighted by molar-refractivity contribution is 0.0764. The van der Waals surface area contributed by atoms with E-state index in [1.807, 2.05) is 17.8 Å². The standard InChI is InChI=1S/C15H25ClN4O/c1-3-6-20-12-13(16)11-14(20)15(21)18(2)9-10-19-7-4-17-5-8-19/h11-12,17H,3-10H2,1-2H3. The maximum absolute atomic E-state index is 12.5. The second-order valence-electron chi connectivity index (χ2n) is 5.56. The van der Waals surface area contributed by atoms with Crippen molar-refractivity contribution in [1.29, 1.82) is 0 Å². The van der Waals surface area contributed by atoms with Crippen LogP contribution in [0.5, 0.6) is 0 Å². The van der Waals surface area contributed by atoms with Crippen LogP contribution in [0, 0.1) is 0 Å². The first kappa shape index (κ1) is 16.3. The van der Waals surface area contributed by atoms with Gasteiger partial charge in [-0.2, -0.15) is 0 Å². The molecule has 0 aliphatic carbocycles. The molecule has 1 aliphatic rings. The number of halogens is 1. The Labute approximate surface area is 131 Å². The average Bonchev–Trinajstić information content (AvgIpc) is 2.86. The molecule has 6 heteroatoms. The van der Waals surface area contributed by atoms with E-state index in [4.69, 9.17) is 11.6 Å². The number of amides is 1. The first-order valence-electron chi connectivity index (χ1n) is 7.66. The lowest BCUT2D eigenvalue weighted by atomic mass is 10.3. The summed E-state index contributed by atoms with van der Waals surface area (Å²) in [6, 6.07) is 1.76. The molecule has 1 amide bonds. The Hall–Kier alpha value is -1.04. The molecule has 0 atom stereocenters. The van der Waals surface area contributed by atoms with Crippen molar-refractivity contribution in [3.8, 4) is 0 Å². The van der Waals surface area contributed by atoms with Gasteiger partial charge in [-0.15, -0.1) is 0 Å². The minimum atomic E-state index is 0.0467. The fraction of sp³-hybridized carbons (Fsp3) is 0.667. The summed E-state index contributed by atoms with van der Waals surface area (Å²) in [4.78, 5) is 16.7. The van der Waals surface area contributed by atoms with Crippen LogP contribution in [-0.2, 0) is 6.54 Å². The summed E-state index contributed by atoms with van der Waals surface area (Å²) >= 11 is 6.04. The Morgan fingerprint density at radius 2 is 2.10 bits per heavy atom. The van der Waals surface area contributed by atoms with Crippen LogP contribution < -0.4 is 5.32 Å². The number of carbonyl (C=O) groups is 1. The van der Waals surface area contributed by atoms with Crippen LogP contribution in [0.2, 0.25) is 5.02 Å². The molecular weight excluding hydrogens is 288 g/mol. The molecule has 0 bridgehead atoms. The lowest BCUT2D eigenvalue weighted by Crippen LogP contribution is -2.46. The van der Waals surface area contributed by atoms with Gasteiger partial charge in [0, 0.05) is 59.1 Å². The average molecular weight is 313 g/mol. The number of hydrogen-bond acceptors (Lipinski definition) is 3. The predicted molar refractivity (Wildman–Crippen MR) is 86.0 cm³/mol. The first-order valence-corrected chi connectivity index (χ1v) is 8.04. The Kier molecular flexibility index (Phi) is 6.08. The largest absolute Gasteiger partial charge is 0.342 e. The zero-order valence-electron chi connectivity index (χ0n) is 12.9. The molecule has 1 N–H and O–H groups in total. The van der Waals surface area contributed by atoms with Crippen LogP contribution in [0.1, 0.15) is 23.8 Å². The van der Waals surface area contributed by atoms with Crippen molar-refractivity contribution in [2.75, 3.05) is 46.3 Å². The summed E-state index contributed by atoms with van der Waals surface area (Å²) in [6.45, 7) is 8.76. The fourth-order valence-corrected chi connectivity index (χ4v) is 2.82. The summed E-state index contributed by atoms with van der Waals surface area (Å²) in [5, 5.41) is 3.96. The monoisotopic (exact) mass is 312 g/mol. The third kappa shape index (κ3) is 4.46. The number of piperazine rings is 1. The van der Waals surface area contributed by atoms with Crippen LogP contribution in [0.25, 0.3) is 0 Å². The van der Waals surface area contributed by atoms with Gasteiger partial charge in [0.2, 0.25) is 0 Å². The van der Waals surface area contributed by atoms with E-state index in [0.29, 0.717) is 10.7 Å². The number of rotatable bonds is 6. The highest BCUT2D eigenvalue weighted by Gasteiger charge is 2.18. The van der Waals surface area contributed by atoms with Gasteiger partial charge >= 0.3 is 0 Å². The van der Waals surface area contributed by atoms with Crippen molar-refractivity contribution >= 4 is 17.5 Å². The number of nitrogens with zero attached hydrogens (tertiary/aromatic N) is 3. The third-order valence-electron chi connectivity index (χ3n) is 3.85. The summed E-state index contributed by atoms with van der Waals surface area (Å²) in [7, 11) is 1.86. The quantitative estimate of drug-likeness (QED) is 0.866. The number of aromatic nitrogens is 1. The minimum absolute atomic E-state index is 0.0467. The van der Waals surface area contributed by atoms with Gasteiger partial charge in [0.1, 0.15) is 5.69 Å². The Bertz CT molecular complexity index is 468. The van der Waals surface area contributed by atoms with Crippen molar-refractivity contribution in [1.82, 2.24) is 19.7 Å². The molecule has 2 rings (SSSR count). The molecule has 1 fully saturated rings. The molecule has 2 heterocycles. The topological polar surface area (TPSA) is 40.5 Å². The van der Waals surface area contributed by atoms with Crippen molar-refractivity contribution in [2.45, 2.75) is 19.9 Å². The van der Waals surface area contributed by atoms with Crippen LogP contribution in [-0.4, -0.2) is 66.6 Å². The van der Waals surface area contributed by atoms with Crippen LogP contribution in [0.3, 0.4) is 0 Å². The van der Waals surface area contributed by atoms with E-state index >= 15 is 0 Å². The van der Waals surface area contributed by atoms with E-state index in [1.165, 1.54) is 0 Å². The maximum Gasteiger partial charge on any atom is 0.270 e. The van der Waals surface area contributed by atoms with Gasteiger partial charge in [-0.05, 0) is 12.5 Å². The third-order valence-corrected chi connectivity index (χ3v) is 4.06. The molecule has 1 aromatic heterocycles. The van der Waals surface area contributed by atoms with Gasteiger partial charge in [0.25, 0.3) is 5.91 Å². The molecular formula is C15H25ClN4O. The van der Waals surface area contributed by atoms with Crippen LogP contribution in [0.4, 0.5) is 0 Å². The minimum Gasteiger partial charge on any atom is -0.342 e. The first-order chi connectivity index (χ1) is 10.1. The molecule has 5 nitrogen and oxygen atoms in total. The molecule has 21 heavy (non-hydrogen) atoms. The van der Waals surface area contributed by atoms with E-state index in [2.05, 4.69) is 17.1 Å². The van der Waals surface area contributed by atoms with Gasteiger partial charge in [-0.3, -0.25) is 9.69 Å². The Morgan fingerprint density at radius 3 is 2.76 bits per heavy atom. The Balaban J connectivity index is 1.92. The molecule has 1 saturated heterocycles. The number of carbonyl (C=O) groups excluding carboxylic acids is 1. The molecule has 1 aliphatic heterocycles. The van der Waals surface area contributed by atoms with Gasteiger partial charge in [-0.1, -0.05) is 18.5 Å². The predicted octanol–water partition coefficient (Wildman–Crippen LogP) is 1.53. The van der Waals surface area contributed by atoms with E-state index in [-0.39, 0.29) is 5.91 Å². The summed E-state index contributed by atoms with van der Waals surface area (Å²) in [5.41, 5.74) is 0.685. The van der Waals surface area contributed by atoms with Crippen molar-refractivity contribution in [3.05, 3.63) is 23.0 Å². The molecule has 118 valence electrons. The molecule has 0 aromatic carbocycles. The highest BCUT2D eigenvalue weighted by Crippen LogP contribution is 2.16. The number of hydrogen-bond donors (Lipinski definition) is 1. The number of likely N-dealkylation sites (N-methyl/N-ethyl adjacent to an activating group) is 1.